The molecule has 0 aromatic carbocycles. The van der Waals surface area contributed by atoms with Gasteiger partial charge in [-0.2, -0.15) is 0 Å². The Kier molecular flexibility index (Phi) is 4.08. The van der Waals surface area contributed by atoms with Crippen molar-refractivity contribution in [2.75, 3.05) is 0 Å². The summed E-state index contributed by atoms with van der Waals surface area (Å²) in [6.07, 6.45) is 4.42. The molecule has 1 fully saturated rings. The molecule has 1 rings (SSSR count). The highest BCUT2D eigenvalue weighted by atomic mass is 32.1. The number of nitrogens with two attached hydrogens (primary N) is 1. The zero-order valence-corrected chi connectivity index (χ0v) is 10.3. The topological polar surface area (TPSA) is 55.1 Å². The second-order valence-electron chi connectivity index (χ2n) is 4.53. The number of carbonyl (C=O) groups is 1. The number of hydrogen-bond acceptors (Lipinski definition) is 2. The summed E-state index contributed by atoms with van der Waals surface area (Å²) in [5.74, 6) is 0.753. The van der Waals surface area contributed by atoms with Crippen molar-refractivity contribution in [2.24, 2.45) is 11.7 Å². The maximum absolute atomic E-state index is 11.4. The van der Waals surface area contributed by atoms with Crippen LogP contribution in [-0.4, -0.2) is 16.4 Å². The Balaban J connectivity index is 2.71. The fourth-order valence-corrected chi connectivity index (χ4v) is 2.30. The molecule has 0 aromatic rings. The SMILES string of the molecule is CCC(=O)NC1(C(N)=S)CCC(C)CC1. The second kappa shape index (κ2) is 4.92. The molecule has 0 unspecified atom stereocenters. The van der Waals surface area contributed by atoms with Gasteiger partial charge in [-0.15, -0.1) is 0 Å². The predicted molar refractivity (Wildman–Crippen MR) is 65.6 cm³/mol. The molecular weight excluding hydrogens is 208 g/mol. The van der Waals surface area contributed by atoms with Crippen LogP contribution in [0, 0.1) is 5.92 Å². The Hall–Kier alpha value is -0.640. The molecular formula is C11H20N2OS. The maximum atomic E-state index is 11.4. The highest BCUT2D eigenvalue weighted by molar-refractivity contribution is 7.80. The van der Waals surface area contributed by atoms with Crippen LogP contribution in [0.5, 0.6) is 0 Å². The van der Waals surface area contributed by atoms with E-state index in [0.29, 0.717) is 17.3 Å². The number of rotatable bonds is 3. The van der Waals surface area contributed by atoms with Crippen LogP contribution < -0.4 is 11.1 Å². The predicted octanol–water partition coefficient (Wildman–Crippen LogP) is 1.75. The molecule has 0 aliphatic heterocycles. The molecule has 1 saturated carbocycles. The minimum atomic E-state index is -0.408. The van der Waals surface area contributed by atoms with Crippen LogP contribution in [0.15, 0.2) is 0 Å². The first-order valence-electron chi connectivity index (χ1n) is 5.61. The van der Waals surface area contributed by atoms with Gasteiger partial charge in [0.2, 0.25) is 5.91 Å². The standard InChI is InChI=1S/C11H20N2OS/c1-3-9(14)13-11(10(12)15)6-4-8(2)5-7-11/h8H,3-7H2,1-2H3,(H2,12,15)(H,13,14). The van der Waals surface area contributed by atoms with Gasteiger partial charge in [0.05, 0.1) is 10.5 Å². The van der Waals surface area contributed by atoms with E-state index in [1.54, 1.807) is 0 Å². The number of carbonyl (C=O) groups excluding carboxylic acids is 1. The Labute approximate surface area is 96.8 Å². The largest absolute Gasteiger partial charge is 0.391 e. The summed E-state index contributed by atoms with van der Waals surface area (Å²) >= 11 is 5.10. The average molecular weight is 228 g/mol. The van der Waals surface area contributed by atoms with Crippen molar-refractivity contribution in [2.45, 2.75) is 51.5 Å². The molecule has 0 saturated heterocycles. The highest BCUT2D eigenvalue weighted by Crippen LogP contribution is 2.32. The third kappa shape index (κ3) is 2.91. The zero-order valence-electron chi connectivity index (χ0n) is 9.51. The molecule has 4 heteroatoms. The third-order valence-electron chi connectivity index (χ3n) is 3.30. The van der Waals surface area contributed by atoms with E-state index in [4.69, 9.17) is 18.0 Å². The summed E-state index contributed by atoms with van der Waals surface area (Å²) in [6, 6.07) is 0. The van der Waals surface area contributed by atoms with Crippen LogP contribution in [0.4, 0.5) is 0 Å². The van der Waals surface area contributed by atoms with Crippen LogP contribution in [0.1, 0.15) is 46.0 Å². The molecule has 1 aliphatic carbocycles. The molecule has 0 aromatic heterocycles. The summed E-state index contributed by atoms with van der Waals surface area (Å²) in [5.41, 5.74) is 5.36. The van der Waals surface area contributed by atoms with E-state index in [9.17, 15) is 4.79 Å². The third-order valence-corrected chi connectivity index (χ3v) is 3.69. The van der Waals surface area contributed by atoms with Crippen molar-refractivity contribution in [1.82, 2.24) is 5.32 Å². The van der Waals surface area contributed by atoms with E-state index in [-0.39, 0.29) is 5.91 Å². The lowest BCUT2D eigenvalue weighted by molar-refractivity contribution is -0.122. The van der Waals surface area contributed by atoms with Crippen molar-refractivity contribution in [3.63, 3.8) is 0 Å². The van der Waals surface area contributed by atoms with Crippen LogP contribution in [-0.2, 0) is 4.79 Å². The first kappa shape index (κ1) is 12.4. The number of nitrogens with one attached hydrogen (secondary N) is 1. The molecule has 3 nitrogen and oxygen atoms in total. The first-order chi connectivity index (χ1) is 7.00. The van der Waals surface area contributed by atoms with Gasteiger partial charge < -0.3 is 11.1 Å². The number of thiocarbonyl (C=S) groups is 1. The van der Waals surface area contributed by atoms with E-state index < -0.39 is 5.54 Å². The summed E-state index contributed by atoms with van der Waals surface area (Å²) < 4.78 is 0. The van der Waals surface area contributed by atoms with E-state index in [1.165, 1.54) is 0 Å². The van der Waals surface area contributed by atoms with Crippen LogP contribution in [0.25, 0.3) is 0 Å². The average Bonchev–Trinajstić information content (AvgIpc) is 2.21. The fourth-order valence-electron chi connectivity index (χ4n) is 2.04. The lowest BCUT2D eigenvalue weighted by Crippen LogP contribution is -2.58. The van der Waals surface area contributed by atoms with Gasteiger partial charge in [0, 0.05) is 6.42 Å². The monoisotopic (exact) mass is 228 g/mol. The Morgan fingerprint density at radius 2 is 2.07 bits per heavy atom. The molecule has 0 spiro atoms. The van der Waals surface area contributed by atoms with Gasteiger partial charge in [0.25, 0.3) is 0 Å². The minimum absolute atomic E-state index is 0.0392. The van der Waals surface area contributed by atoms with Gasteiger partial charge in [-0.05, 0) is 31.6 Å². The van der Waals surface area contributed by atoms with Crippen LogP contribution >= 0.6 is 12.2 Å². The molecule has 0 radical (unpaired) electrons. The Bertz CT molecular complexity index is 257. The van der Waals surface area contributed by atoms with Gasteiger partial charge in [-0.3, -0.25) is 4.79 Å². The van der Waals surface area contributed by atoms with Gasteiger partial charge in [-0.25, -0.2) is 0 Å². The molecule has 15 heavy (non-hydrogen) atoms. The molecule has 86 valence electrons. The van der Waals surface area contributed by atoms with Crippen molar-refractivity contribution < 1.29 is 4.79 Å². The van der Waals surface area contributed by atoms with Crippen LogP contribution in [0.2, 0.25) is 0 Å². The van der Waals surface area contributed by atoms with Gasteiger partial charge in [-0.1, -0.05) is 26.1 Å². The second-order valence-corrected chi connectivity index (χ2v) is 4.97. The Morgan fingerprint density at radius 3 is 2.47 bits per heavy atom. The lowest BCUT2D eigenvalue weighted by Gasteiger charge is -2.39. The van der Waals surface area contributed by atoms with E-state index >= 15 is 0 Å². The molecule has 1 aliphatic rings. The first-order valence-corrected chi connectivity index (χ1v) is 6.02. The fraction of sp³-hybridized carbons (Fsp3) is 0.818. The normalized spacial score (nSPS) is 30.9. The smallest absolute Gasteiger partial charge is 0.220 e. The van der Waals surface area contributed by atoms with E-state index in [0.717, 1.165) is 25.7 Å². The quantitative estimate of drug-likeness (QED) is 0.724. The summed E-state index contributed by atoms with van der Waals surface area (Å²) in [7, 11) is 0. The maximum Gasteiger partial charge on any atom is 0.220 e. The number of amides is 1. The van der Waals surface area contributed by atoms with Crippen molar-refractivity contribution in [3.05, 3.63) is 0 Å². The van der Waals surface area contributed by atoms with Gasteiger partial charge >= 0.3 is 0 Å². The van der Waals surface area contributed by atoms with Gasteiger partial charge in [0.1, 0.15) is 0 Å². The number of hydrogen-bond donors (Lipinski definition) is 2. The highest BCUT2D eigenvalue weighted by Gasteiger charge is 2.37. The lowest BCUT2D eigenvalue weighted by atomic mass is 9.77. The summed E-state index contributed by atoms with van der Waals surface area (Å²) in [4.78, 5) is 11.9. The minimum Gasteiger partial charge on any atom is -0.391 e. The van der Waals surface area contributed by atoms with Crippen molar-refractivity contribution in [1.29, 1.82) is 0 Å². The zero-order chi connectivity index (χ0) is 11.5. The molecule has 0 bridgehead atoms. The molecule has 1 amide bonds. The van der Waals surface area contributed by atoms with Crippen molar-refractivity contribution >= 4 is 23.1 Å². The Morgan fingerprint density at radius 1 is 1.53 bits per heavy atom. The molecule has 3 N–H and O–H groups in total. The van der Waals surface area contributed by atoms with E-state index in [2.05, 4.69) is 12.2 Å². The summed E-state index contributed by atoms with van der Waals surface area (Å²) in [6.45, 7) is 4.07. The van der Waals surface area contributed by atoms with Crippen LogP contribution in [0.3, 0.4) is 0 Å². The molecule has 0 heterocycles. The summed E-state index contributed by atoms with van der Waals surface area (Å²) in [5, 5.41) is 3.00. The van der Waals surface area contributed by atoms with Gasteiger partial charge in [0.15, 0.2) is 0 Å². The van der Waals surface area contributed by atoms with Crippen molar-refractivity contribution in [3.8, 4) is 0 Å². The molecule has 0 atom stereocenters. The van der Waals surface area contributed by atoms with E-state index in [1.807, 2.05) is 6.92 Å².